The van der Waals surface area contributed by atoms with Crippen LogP contribution in [0.25, 0.3) is 5.78 Å². The first-order valence-corrected chi connectivity index (χ1v) is 14.9. The number of nitrogens with zero attached hydrogens (tertiary/aromatic N) is 6. The van der Waals surface area contributed by atoms with E-state index in [4.69, 9.17) is 9.47 Å². The molecular weight excluding hydrogens is 504 g/mol. The van der Waals surface area contributed by atoms with Crippen LogP contribution in [0.2, 0.25) is 0 Å². The van der Waals surface area contributed by atoms with Gasteiger partial charge >= 0.3 is 0 Å². The molecule has 2 aromatic heterocycles. The van der Waals surface area contributed by atoms with Crippen molar-refractivity contribution in [1.82, 2.24) is 24.5 Å². The molecule has 9 nitrogen and oxygen atoms in total. The monoisotopic (exact) mass is 546 g/mol. The number of anilines is 1. The third kappa shape index (κ3) is 5.28. The molecule has 1 amide bonds. The van der Waals surface area contributed by atoms with Crippen LogP contribution in [0.5, 0.6) is 5.75 Å². The third-order valence-electron chi connectivity index (χ3n) is 9.07. The van der Waals surface area contributed by atoms with Crippen LogP contribution < -0.4 is 9.64 Å². The molecule has 214 valence electrons. The van der Waals surface area contributed by atoms with Crippen molar-refractivity contribution in [3.05, 3.63) is 47.0 Å². The van der Waals surface area contributed by atoms with Crippen LogP contribution in [-0.2, 0) is 9.53 Å². The molecule has 1 saturated carbocycles. The van der Waals surface area contributed by atoms with Crippen LogP contribution >= 0.6 is 0 Å². The molecule has 9 heteroatoms. The SMILES string of the molecule is Cc1nc2nc(C)c(O[C@@H]3CCN(c4ccc(C5CCC(C(=O)N6C[C@@H](C)OC[C@H]6C)CC5)cc4)C3)c(C)n2n1. The molecule has 3 aromatic rings. The number of morpholine rings is 1. The Hall–Kier alpha value is -3.20. The Bertz CT molecular complexity index is 1360. The van der Waals surface area contributed by atoms with Gasteiger partial charge in [0, 0.05) is 31.1 Å². The number of ether oxygens (including phenoxy) is 2. The average Bonchev–Trinajstić information content (AvgIpc) is 3.58. The third-order valence-corrected chi connectivity index (χ3v) is 9.07. The summed E-state index contributed by atoms with van der Waals surface area (Å²) in [7, 11) is 0. The fraction of sp³-hybridized carbons (Fsp3) is 0.613. The Balaban J connectivity index is 1.04. The molecule has 1 aromatic carbocycles. The maximum Gasteiger partial charge on any atom is 0.253 e. The molecule has 0 radical (unpaired) electrons. The van der Waals surface area contributed by atoms with Gasteiger partial charge in [-0.2, -0.15) is 9.50 Å². The van der Waals surface area contributed by atoms with Crippen molar-refractivity contribution < 1.29 is 14.3 Å². The number of fused-ring (bicyclic) bond motifs is 1. The predicted octanol–water partition coefficient (Wildman–Crippen LogP) is 4.62. The molecule has 40 heavy (non-hydrogen) atoms. The lowest BCUT2D eigenvalue weighted by molar-refractivity contribution is -0.148. The molecule has 3 atom stereocenters. The quantitative estimate of drug-likeness (QED) is 0.462. The van der Waals surface area contributed by atoms with Gasteiger partial charge in [-0.3, -0.25) is 4.79 Å². The van der Waals surface area contributed by atoms with E-state index < -0.39 is 0 Å². The zero-order valence-electron chi connectivity index (χ0n) is 24.5. The summed E-state index contributed by atoms with van der Waals surface area (Å²) in [6.45, 7) is 13.2. The smallest absolute Gasteiger partial charge is 0.253 e. The number of carbonyl (C=O) groups is 1. The van der Waals surface area contributed by atoms with E-state index >= 15 is 0 Å². The number of amides is 1. The minimum Gasteiger partial charge on any atom is -0.485 e. The lowest BCUT2D eigenvalue weighted by Gasteiger charge is -2.40. The van der Waals surface area contributed by atoms with Crippen LogP contribution in [0.15, 0.2) is 24.3 Å². The second-order valence-corrected chi connectivity index (χ2v) is 12.1. The number of aryl methyl sites for hydroxylation is 3. The minimum atomic E-state index is 0.103. The first kappa shape index (κ1) is 27.0. The topological polar surface area (TPSA) is 85.1 Å². The summed E-state index contributed by atoms with van der Waals surface area (Å²) < 4.78 is 14.0. The first-order chi connectivity index (χ1) is 19.3. The fourth-order valence-electron chi connectivity index (χ4n) is 6.73. The van der Waals surface area contributed by atoms with Gasteiger partial charge in [0.25, 0.3) is 5.78 Å². The van der Waals surface area contributed by atoms with Crippen molar-refractivity contribution in [3.63, 3.8) is 0 Å². The van der Waals surface area contributed by atoms with Gasteiger partial charge < -0.3 is 19.3 Å². The van der Waals surface area contributed by atoms with E-state index in [1.807, 2.05) is 20.8 Å². The van der Waals surface area contributed by atoms with Crippen molar-refractivity contribution in [1.29, 1.82) is 0 Å². The van der Waals surface area contributed by atoms with Gasteiger partial charge in [-0.15, -0.1) is 5.10 Å². The van der Waals surface area contributed by atoms with Crippen molar-refractivity contribution in [3.8, 4) is 5.75 Å². The molecule has 6 rings (SSSR count). The number of hydrogen-bond acceptors (Lipinski definition) is 7. The lowest BCUT2D eigenvalue weighted by atomic mass is 9.78. The van der Waals surface area contributed by atoms with Crippen LogP contribution in [0.1, 0.15) is 74.6 Å². The molecule has 4 heterocycles. The molecule has 3 fully saturated rings. The maximum absolute atomic E-state index is 13.2. The van der Waals surface area contributed by atoms with Crippen molar-refractivity contribution in [2.75, 3.05) is 31.1 Å². The average molecular weight is 547 g/mol. The maximum atomic E-state index is 13.2. The minimum absolute atomic E-state index is 0.103. The Morgan fingerprint density at radius 2 is 1.73 bits per heavy atom. The van der Waals surface area contributed by atoms with E-state index in [1.165, 1.54) is 11.3 Å². The Kier molecular flexibility index (Phi) is 7.42. The summed E-state index contributed by atoms with van der Waals surface area (Å²) in [4.78, 5) is 26.7. The van der Waals surface area contributed by atoms with E-state index in [2.05, 4.69) is 63.0 Å². The van der Waals surface area contributed by atoms with E-state index in [0.717, 1.165) is 68.9 Å². The number of benzene rings is 1. The number of carbonyl (C=O) groups excluding carboxylic acids is 1. The van der Waals surface area contributed by atoms with Crippen molar-refractivity contribution in [2.24, 2.45) is 5.92 Å². The standard InChI is InChI=1S/C31H42N6O3/c1-19-18-39-20(2)16-36(19)30(38)26-8-6-24(7-9-26)25-10-12-27(13-11-25)35-15-14-28(17-35)40-29-21(3)32-31-33-23(5)34-37(31)22(29)4/h10-13,19-20,24,26,28H,6-9,14-18H2,1-5H3/t19-,20-,24?,26?,28-/m1/s1. The summed E-state index contributed by atoms with van der Waals surface area (Å²) in [5.74, 6) is 3.16. The fourth-order valence-corrected chi connectivity index (χ4v) is 6.73. The van der Waals surface area contributed by atoms with Crippen LogP contribution in [0.3, 0.4) is 0 Å². The highest BCUT2D eigenvalue weighted by Crippen LogP contribution is 2.38. The summed E-state index contributed by atoms with van der Waals surface area (Å²) in [5, 5.41) is 4.47. The zero-order chi connectivity index (χ0) is 28.0. The highest BCUT2D eigenvalue weighted by atomic mass is 16.5. The molecule has 3 aliphatic rings. The number of rotatable bonds is 5. The van der Waals surface area contributed by atoms with E-state index in [0.29, 0.717) is 30.0 Å². The number of hydrogen-bond donors (Lipinski definition) is 0. The summed E-state index contributed by atoms with van der Waals surface area (Å²) in [6, 6.07) is 9.28. The Labute approximate surface area is 236 Å². The predicted molar refractivity (Wildman–Crippen MR) is 154 cm³/mol. The second kappa shape index (κ2) is 11.0. The van der Waals surface area contributed by atoms with Crippen LogP contribution in [0, 0.1) is 26.7 Å². The molecule has 0 bridgehead atoms. The van der Waals surface area contributed by atoms with E-state index in [1.54, 1.807) is 4.52 Å². The van der Waals surface area contributed by atoms with Crippen LogP contribution in [0.4, 0.5) is 5.69 Å². The van der Waals surface area contributed by atoms with Crippen LogP contribution in [-0.4, -0.2) is 74.9 Å². The second-order valence-electron chi connectivity index (χ2n) is 12.1. The molecule has 2 aliphatic heterocycles. The van der Waals surface area contributed by atoms with E-state index in [9.17, 15) is 4.79 Å². The highest BCUT2D eigenvalue weighted by molar-refractivity contribution is 5.79. The molecule has 2 saturated heterocycles. The summed E-state index contributed by atoms with van der Waals surface area (Å²) >= 11 is 0. The van der Waals surface area contributed by atoms with Gasteiger partial charge in [0.15, 0.2) is 5.75 Å². The zero-order valence-corrected chi connectivity index (χ0v) is 24.5. The first-order valence-electron chi connectivity index (χ1n) is 14.9. The van der Waals surface area contributed by atoms with E-state index in [-0.39, 0.29) is 24.2 Å². The molecule has 0 N–H and O–H groups in total. The lowest BCUT2D eigenvalue weighted by Crippen LogP contribution is -2.52. The van der Waals surface area contributed by atoms with Crippen molar-refractivity contribution in [2.45, 2.75) is 90.9 Å². The molecule has 0 spiro atoms. The Morgan fingerprint density at radius 3 is 2.48 bits per heavy atom. The van der Waals surface area contributed by atoms with Crippen molar-refractivity contribution >= 4 is 17.4 Å². The Morgan fingerprint density at radius 1 is 0.975 bits per heavy atom. The van der Waals surface area contributed by atoms with Gasteiger partial charge in [-0.25, -0.2) is 4.98 Å². The van der Waals surface area contributed by atoms with Gasteiger partial charge in [0.05, 0.1) is 36.7 Å². The number of aromatic nitrogens is 4. The summed E-state index contributed by atoms with van der Waals surface area (Å²) in [5.41, 5.74) is 4.42. The van der Waals surface area contributed by atoms with Gasteiger partial charge in [-0.05, 0) is 83.9 Å². The highest BCUT2D eigenvalue weighted by Gasteiger charge is 2.35. The van der Waals surface area contributed by atoms with Gasteiger partial charge in [-0.1, -0.05) is 12.1 Å². The molecule has 0 unspecified atom stereocenters. The van der Waals surface area contributed by atoms with Gasteiger partial charge in [0.2, 0.25) is 5.91 Å². The normalized spacial score (nSPS) is 27.4. The van der Waals surface area contributed by atoms with Gasteiger partial charge in [0.1, 0.15) is 11.9 Å². The molecular formula is C31H42N6O3. The summed E-state index contributed by atoms with van der Waals surface area (Å²) in [6.07, 6.45) is 5.30. The molecule has 1 aliphatic carbocycles. The largest absolute Gasteiger partial charge is 0.485 e.